The van der Waals surface area contributed by atoms with Crippen LogP contribution in [0.5, 0.6) is 0 Å². The van der Waals surface area contributed by atoms with Gasteiger partial charge in [0.1, 0.15) is 28.5 Å². The Hall–Kier alpha value is -3.48. The molecule has 11 nitrogen and oxygen atoms in total. The summed E-state index contributed by atoms with van der Waals surface area (Å²) in [6, 6.07) is 0. The van der Waals surface area contributed by atoms with Crippen LogP contribution < -0.4 is 11.2 Å². The Morgan fingerprint density at radius 2 is 2.00 bits per heavy atom. The molecule has 0 saturated heterocycles. The topological polar surface area (TPSA) is 146 Å². The summed E-state index contributed by atoms with van der Waals surface area (Å²) in [5, 5.41) is 20.1. The number of carboxylic acid groups (broad SMARTS) is 1. The first-order valence-corrected chi connectivity index (χ1v) is 13.9. The molecule has 0 spiro atoms. The van der Waals surface area contributed by atoms with Crippen molar-refractivity contribution in [3.05, 3.63) is 62.8 Å². The van der Waals surface area contributed by atoms with Gasteiger partial charge in [0.2, 0.25) is 5.89 Å². The van der Waals surface area contributed by atoms with Crippen molar-refractivity contribution in [2.24, 2.45) is 0 Å². The van der Waals surface area contributed by atoms with Gasteiger partial charge < -0.3 is 24.1 Å². The molecule has 0 bridgehead atoms. The average Bonchev–Trinajstić information content (AvgIpc) is 3.55. The van der Waals surface area contributed by atoms with Crippen LogP contribution in [0, 0.1) is 6.92 Å². The molecule has 0 aromatic carbocycles. The molecule has 0 radical (unpaired) electrons. The number of aryl methyl sites for hydroxylation is 1. The number of aliphatic hydroxyl groups is 1. The van der Waals surface area contributed by atoms with Gasteiger partial charge in [-0.15, -0.1) is 11.3 Å². The van der Waals surface area contributed by atoms with Crippen molar-refractivity contribution in [1.29, 1.82) is 0 Å². The number of aliphatic hydroxyl groups excluding tert-OH is 1. The van der Waals surface area contributed by atoms with E-state index in [2.05, 4.69) is 11.6 Å². The first-order valence-electron chi connectivity index (χ1n) is 13.1. The van der Waals surface area contributed by atoms with Gasteiger partial charge in [0.05, 0.1) is 42.3 Å². The SMILES string of the molecule is C=C(/C(=C\C)OC)[C@H](Cn1c(=O)n(C(C)(C)C(=O)O)c(=O)c2c(C)c(-c3ncco3)sc21)O[C@H]1CC[C@H](O)CC1. The number of oxazole rings is 1. The third-order valence-electron chi connectivity index (χ3n) is 7.46. The highest BCUT2D eigenvalue weighted by molar-refractivity contribution is 7.22. The molecule has 2 N–H and O–H groups in total. The highest BCUT2D eigenvalue weighted by Crippen LogP contribution is 2.36. The summed E-state index contributed by atoms with van der Waals surface area (Å²) in [6.45, 7) is 10.3. The third-order valence-corrected chi connectivity index (χ3v) is 8.76. The lowest BCUT2D eigenvalue weighted by Gasteiger charge is -2.31. The van der Waals surface area contributed by atoms with Crippen molar-refractivity contribution < 1.29 is 28.9 Å². The normalized spacial score (nSPS) is 19.1. The Labute approximate surface area is 235 Å². The van der Waals surface area contributed by atoms with Crippen LogP contribution in [0.15, 0.2) is 50.5 Å². The Bertz CT molecular complexity index is 1550. The number of carboxylic acids is 1. The summed E-state index contributed by atoms with van der Waals surface area (Å²) in [7, 11) is 1.51. The molecule has 3 aromatic heterocycles. The average molecular weight is 574 g/mol. The minimum absolute atomic E-state index is 0.0606. The zero-order valence-electron chi connectivity index (χ0n) is 23.3. The zero-order chi connectivity index (χ0) is 29.4. The van der Waals surface area contributed by atoms with Crippen LogP contribution in [-0.4, -0.2) is 55.7 Å². The number of thiophene rings is 1. The molecule has 3 aromatic rings. The summed E-state index contributed by atoms with van der Waals surface area (Å²) >= 11 is 1.17. The summed E-state index contributed by atoms with van der Waals surface area (Å²) in [5.74, 6) is -0.561. The van der Waals surface area contributed by atoms with E-state index in [1.807, 2.05) is 0 Å². The van der Waals surface area contributed by atoms with Crippen LogP contribution in [-0.2, 0) is 26.4 Å². The van der Waals surface area contributed by atoms with Crippen molar-refractivity contribution >= 4 is 27.5 Å². The van der Waals surface area contributed by atoms with Gasteiger partial charge in [0.25, 0.3) is 5.56 Å². The fourth-order valence-electron chi connectivity index (χ4n) is 5.04. The fraction of sp³-hybridized carbons (Fsp3) is 0.500. The monoisotopic (exact) mass is 573 g/mol. The maximum Gasteiger partial charge on any atom is 0.333 e. The van der Waals surface area contributed by atoms with Crippen molar-refractivity contribution in [3.8, 4) is 10.8 Å². The smallest absolute Gasteiger partial charge is 0.333 e. The van der Waals surface area contributed by atoms with Gasteiger partial charge in [0, 0.05) is 5.57 Å². The molecule has 0 amide bonds. The lowest BCUT2D eigenvalue weighted by molar-refractivity contribution is -0.146. The van der Waals surface area contributed by atoms with E-state index in [9.17, 15) is 24.6 Å². The number of hydrogen-bond donors (Lipinski definition) is 2. The van der Waals surface area contributed by atoms with Crippen molar-refractivity contribution in [3.63, 3.8) is 0 Å². The van der Waals surface area contributed by atoms with E-state index in [0.717, 1.165) is 4.57 Å². The number of fused-ring (bicyclic) bond motifs is 1. The molecular weight excluding hydrogens is 538 g/mol. The van der Waals surface area contributed by atoms with Crippen molar-refractivity contribution in [1.82, 2.24) is 14.1 Å². The van der Waals surface area contributed by atoms with E-state index in [-0.39, 0.29) is 30.0 Å². The Balaban J connectivity index is 1.95. The van der Waals surface area contributed by atoms with Crippen LogP contribution in [0.1, 0.15) is 52.0 Å². The highest BCUT2D eigenvalue weighted by atomic mass is 32.1. The number of rotatable bonds is 10. The number of allylic oxidation sites excluding steroid dienone is 1. The van der Waals surface area contributed by atoms with Crippen LogP contribution in [0.3, 0.4) is 0 Å². The summed E-state index contributed by atoms with van der Waals surface area (Å²) < 4.78 is 19.6. The molecule has 12 heteroatoms. The fourth-order valence-corrected chi connectivity index (χ4v) is 6.29. The molecule has 0 unspecified atom stereocenters. The number of carbonyl (C=O) groups is 1. The van der Waals surface area contributed by atoms with Gasteiger partial charge in [-0.05, 0) is 65.0 Å². The summed E-state index contributed by atoms with van der Waals surface area (Å²) in [5.41, 5.74) is -2.31. The molecule has 1 atom stereocenters. The zero-order valence-corrected chi connectivity index (χ0v) is 24.1. The van der Waals surface area contributed by atoms with Gasteiger partial charge in [-0.3, -0.25) is 9.36 Å². The number of aliphatic carboxylic acids is 1. The number of aromatic nitrogens is 3. The van der Waals surface area contributed by atoms with Crippen molar-refractivity contribution in [2.45, 2.75) is 83.8 Å². The second-order valence-corrected chi connectivity index (χ2v) is 11.4. The van der Waals surface area contributed by atoms with Gasteiger partial charge >= 0.3 is 11.7 Å². The van der Waals surface area contributed by atoms with E-state index in [1.54, 1.807) is 19.9 Å². The molecule has 216 valence electrons. The van der Waals surface area contributed by atoms with Crippen LogP contribution in [0.25, 0.3) is 21.0 Å². The molecule has 1 aliphatic carbocycles. The minimum atomic E-state index is -1.84. The summed E-state index contributed by atoms with van der Waals surface area (Å²) in [6.07, 6.45) is 5.76. The minimum Gasteiger partial charge on any atom is -0.497 e. The van der Waals surface area contributed by atoms with E-state index < -0.39 is 28.9 Å². The first kappa shape index (κ1) is 29.5. The van der Waals surface area contributed by atoms with Gasteiger partial charge in [-0.1, -0.05) is 6.58 Å². The van der Waals surface area contributed by atoms with E-state index in [1.165, 1.54) is 49.3 Å². The summed E-state index contributed by atoms with van der Waals surface area (Å²) in [4.78, 5) is 45.1. The molecule has 4 rings (SSSR count). The maximum atomic E-state index is 14.0. The lowest BCUT2D eigenvalue weighted by Crippen LogP contribution is -2.53. The number of ether oxygens (including phenoxy) is 2. The van der Waals surface area contributed by atoms with E-state index >= 15 is 0 Å². The Kier molecular flexibility index (Phi) is 8.52. The predicted molar refractivity (Wildman–Crippen MR) is 151 cm³/mol. The first-order chi connectivity index (χ1) is 18.9. The predicted octanol–water partition coefficient (Wildman–Crippen LogP) is 3.80. The maximum absolute atomic E-state index is 14.0. The van der Waals surface area contributed by atoms with Gasteiger partial charge in [0.15, 0.2) is 0 Å². The van der Waals surface area contributed by atoms with E-state index in [0.29, 0.717) is 52.3 Å². The van der Waals surface area contributed by atoms with Crippen LogP contribution in [0.2, 0.25) is 0 Å². The lowest BCUT2D eigenvalue weighted by atomic mass is 9.94. The number of methoxy groups -OCH3 is 1. The molecule has 1 aliphatic rings. The standard InChI is InChI=1S/C28H35N3O8S/c1-7-19(37-6)15(2)20(39-18-10-8-17(32)9-11-18)14-30-25-21(16(3)22(40-25)23-29-12-13-38-23)24(33)31(27(30)36)28(4,5)26(34)35/h7,12-13,17-18,20,32H,2,8-11,14H2,1,3-6H3,(H,34,35)/b19-7+/t17-,18-,20-/m0/s1. The second-order valence-electron chi connectivity index (χ2n) is 10.4. The largest absolute Gasteiger partial charge is 0.497 e. The van der Waals surface area contributed by atoms with Gasteiger partial charge in [-0.2, -0.15) is 0 Å². The van der Waals surface area contributed by atoms with Crippen molar-refractivity contribution in [2.75, 3.05) is 7.11 Å². The second kappa shape index (κ2) is 11.6. The van der Waals surface area contributed by atoms with E-state index in [4.69, 9.17) is 13.9 Å². The molecule has 40 heavy (non-hydrogen) atoms. The quantitative estimate of drug-likeness (QED) is 0.273. The van der Waals surface area contributed by atoms with Crippen LogP contribution >= 0.6 is 11.3 Å². The molecular formula is C28H35N3O8S. The Morgan fingerprint density at radius 3 is 2.55 bits per heavy atom. The third kappa shape index (κ3) is 5.30. The number of hydrogen-bond acceptors (Lipinski definition) is 9. The Morgan fingerprint density at radius 1 is 1.32 bits per heavy atom. The molecule has 1 saturated carbocycles. The molecule has 1 fully saturated rings. The van der Waals surface area contributed by atoms with Crippen LogP contribution in [0.4, 0.5) is 0 Å². The number of nitrogens with zero attached hydrogens (tertiary/aromatic N) is 3. The molecule has 3 heterocycles. The molecule has 0 aliphatic heterocycles. The van der Waals surface area contributed by atoms with Gasteiger partial charge in [-0.25, -0.2) is 19.1 Å². The highest BCUT2D eigenvalue weighted by Gasteiger charge is 2.36.